The van der Waals surface area contributed by atoms with E-state index in [1.807, 2.05) is 42.5 Å². The van der Waals surface area contributed by atoms with E-state index in [0.29, 0.717) is 5.95 Å². The fourth-order valence-corrected chi connectivity index (χ4v) is 8.31. The highest BCUT2D eigenvalue weighted by Crippen LogP contribution is 2.47. The quantitative estimate of drug-likeness (QED) is 0.189. The van der Waals surface area contributed by atoms with E-state index < -0.39 is 0 Å². The Morgan fingerprint density at radius 2 is 1.16 bits per heavy atom. The van der Waals surface area contributed by atoms with Crippen LogP contribution in [0, 0.1) is 0 Å². The van der Waals surface area contributed by atoms with Crippen LogP contribution in [-0.4, -0.2) is 19.1 Å². The van der Waals surface area contributed by atoms with Crippen LogP contribution in [0.3, 0.4) is 0 Å². The van der Waals surface area contributed by atoms with E-state index in [9.17, 15) is 0 Å². The molecule has 0 spiro atoms. The maximum Gasteiger partial charge on any atom is 0.235 e. The fraction of sp³-hybridized carbons (Fsp3) is 0. The topological polar surface area (TPSA) is 58.0 Å². The molecular weight excluding hydrogens is 617 g/mol. The second-order valence-corrected chi connectivity index (χ2v) is 12.9. The second kappa shape index (κ2) is 9.36. The molecule has 5 heterocycles. The average Bonchev–Trinajstić information content (AvgIpc) is 3.82. The van der Waals surface area contributed by atoms with Gasteiger partial charge in [0.25, 0.3) is 0 Å². The van der Waals surface area contributed by atoms with E-state index in [2.05, 4.69) is 112 Å². The SMILES string of the molecule is c1ccc2c(c1)Oc1cccc3nc(-n4c5ccccc5c5ccc6c(c7ccccc7n6-c6cccc7oc8ccccc8c67)c54)nc-2c13. The van der Waals surface area contributed by atoms with Crippen LogP contribution in [0.1, 0.15) is 0 Å². The van der Waals surface area contributed by atoms with Crippen LogP contribution in [0.4, 0.5) is 0 Å². The Hall–Kier alpha value is -6.92. The summed E-state index contributed by atoms with van der Waals surface area (Å²) in [7, 11) is 0. The van der Waals surface area contributed by atoms with Crippen molar-refractivity contribution in [2.24, 2.45) is 0 Å². The van der Waals surface area contributed by atoms with Gasteiger partial charge in [-0.05, 0) is 60.7 Å². The number of ether oxygens (including phenoxy) is 1. The first-order valence-corrected chi connectivity index (χ1v) is 16.8. The molecule has 0 atom stereocenters. The van der Waals surface area contributed by atoms with Crippen molar-refractivity contribution in [3.63, 3.8) is 0 Å². The molecule has 4 aromatic heterocycles. The number of fused-ring (bicyclic) bond motifs is 12. The third kappa shape index (κ3) is 3.27. The second-order valence-electron chi connectivity index (χ2n) is 12.9. The average molecular weight is 641 g/mol. The number of furan rings is 1. The molecule has 12 rings (SSSR count). The number of aromatic nitrogens is 4. The van der Waals surface area contributed by atoms with Crippen molar-refractivity contribution in [1.29, 1.82) is 0 Å². The van der Waals surface area contributed by atoms with Gasteiger partial charge in [-0.3, -0.25) is 4.57 Å². The van der Waals surface area contributed by atoms with E-state index >= 15 is 0 Å². The standard InChI is InChI=1S/C44H24N4O2/c1-5-16-31-25(11-1)26-23-24-34-40(27-12-2-6-17-32(27)47(34)33-18-10-22-37-39(33)28-13-3-7-19-35(28)49-37)43(26)48(31)44-45-30-15-9-21-38-41(30)42(46-44)29-14-4-8-20-36(29)50-38/h1-24H. The van der Waals surface area contributed by atoms with Crippen molar-refractivity contribution in [3.8, 4) is 34.4 Å². The van der Waals surface area contributed by atoms with Crippen LogP contribution in [0.25, 0.3) is 99.3 Å². The van der Waals surface area contributed by atoms with Gasteiger partial charge in [-0.25, -0.2) is 9.97 Å². The highest BCUT2D eigenvalue weighted by atomic mass is 16.5. The summed E-state index contributed by atoms with van der Waals surface area (Å²) in [5, 5.41) is 7.73. The van der Waals surface area contributed by atoms with Crippen LogP contribution in [0.2, 0.25) is 0 Å². The number of hydrogen-bond donors (Lipinski definition) is 0. The molecule has 0 N–H and O–H groups in total. The highest BCUT2D eigenvalue weighted by Gasteiger charge is 2.26. The summed E-state index contributed by atoms with van der Waals surface area (Å²) in [6.45, 7) is 0. The summed E-state index contributed by atoms with van der Waals surface area (Å²) >= 11 is 0. The Kier molecular flexibility index (Phi) is 4.89. The van der Waals surface area contributed by atoms with Gasteiger partial charge in [0.05, 0.1) is 49.7 Å². The normalized spacial score (nSPS) is 12.6. The molecule has 0 unspecified atom stereocenters. The third-order valence-corrected chi connectivity index (χ3v) is 10.3. The molecule has 6 heteroatoms. The van der Waals surface area contributed by atoms with Crippen molar-refractivity contribution < 1.29 is 9.15 Å². The van der Waals surface area contributed by atoms with E-state index in [0.717, 1.165) is 105 Å². The highest BCUT2D eigenvalue weighted by molar-refractivity contribution is 6.26. The zero-order valence-corrected chi connectivity index (χ0v) is 26.5. The van der Waals surface area contributed by atoms with Crippen molar-refractivity contribution in [2.45, 2.75) is 0 Å². The fourth-order valence-electron chi connectivity index (χ4n) is 8.31. The van der Waals surface area contributed by atoms with Gasteiger partial charge in [0.1, 0.15) is 22.7 Å². The Morgan fingerprint density at radius 1 is 0.440 bits per heavy atom. The predicted molar refractivity (Wildman–Crippen MR) is 201 cm³/mol. The minimum atomic E-state index is 0.625. The Balaban J connectivity index is 1.26. The van der Waals surface area contributed by atoms with Crippen molar-refractivity contribution >= 4 is 76.5 Å². The van der Waals surface area contributed by atoms with Gasteiger partial charge in [0.15, 0.2) is 0 Å². The van der Waals surface area contributed by atoms with Crippen molar-refractivity contribution in [3.05, 3.63) is 146 Å². The van der Waals surface area contributed by atoms with Gasteiger partial charge < -0.3 is 13.7 Å². The Labute approximate surface area is 284 Å². The summed E-state index contributed by atoms with van der Waals surface area (Å²) < 4.78 is 17.3. The largest absolute Gasteiger partial charge is 0.456 e. The first-order chi connectivity index (χ1) is 24.8. The lowest BCUT2D eigenvalue weighted by Crippen LogP contribution is -2.06. The molecule has 7 aromatic carbocycles. The van der Waals surface area contributed by atoms with Crippen LogP contribution < -0.4 is 4.74 Å². The van der Waals surface area contributed by atoms with Crippen molar-refractivity contribution in [2.75, 3.05) is 0 Å². The lowest BCUT2D eigenvalue weighted by atomic mass is 10.0. The molecule has 1 aliphatic heterocycles. The van der Waals surface area contributed by atoms with Gasteiger partial charge in [-0.15, -0.1) is 0 Å². The predicted octanol–water partition coefficient (Wildman–Crippen LogP) is 11.5. The van der Waals surface area contributed by atoms with Crippen molar-refractivity contribution in [1.82, 2.24) is 19.1 Å². The summed E-state index contributed by atoms with van der Waals surface area (Å²) in [5.74, 6) is 2.20. The minimum absolute atomic E-state index is 0.625. The molecule has 232 valence electrons. The maximum absolute atomic E-state index is 6.35. The molecule has 0 bridgehead atoms. The first-order valence-electron chi connectivity index (χ1n) is 16.8. The summed E-state index contributed by atoms with van der Waals surface area (Å²) in [6.07, 6.45) is 0. The number of para-hydroxylation sites is 4. The van der Waals surface area contributed by atoms with E-state index in [1.54, 1.807) is 0 Å². The first kappa shape index (κ1) is 26.1. The molecule has 0 saturated heterocycles. The molecule has 0 saturated carbocycles. The van der Waals surface area contributed by atoms with Gasteiger partial charge in [0.2, 0.25) is 5.95 Å². The number of nitrogens with zero attached hydrogens (tertiary/aromatic N) is 4. The number of benzene rings is 7. The Bertz CT molecular complexity index is 3250. The summed E-state index contributed by atoms with van der Waals surface area (Å²) in [6, 6.07) is 50.6. The molecule has 0 aliphatic carbocycles. The molecule has 50 heavy (non-hydrogen) atoms. The van der Waals surface area contributed by atoms with Crippen LogP contribution in [0.15, 0.2) is 150 Å². The number of hydrogen-bond acceptors (Lipinski definition) is 4. The van der Waals surface area contributed by atoms with Gasteiger partial charge >= 0.3 is 0 Å². The molecular formula is C44H24N4O2. The molecule has 0 amide bonds. The zero-order chi connectivity index (χ0) is 32.5. The monoisotopic (exact) mass is 640 g/mol. The molecule has 0 fully saturated rings. The zero-order valence-electron chi connectivity index (χ0n) is 26.5. The maximum atomic E-state index is 6.35. The van der Waals surface area contributed by atoms with Gasteiger partial charge in [0, 0.05) is 32.5 Å². The molecule has 0 radical (unpaired) electrons. The minimum Gasteiger partial charge on any atom is -0.456 e. The van der Waals surface area contributed by atoms with Gasteiger partial charge in [-0.2, -0.15) is 0 Å². The van der Waals surface area contributed by atoms with E-state index in [-0.39, 0.29) is 0 Å². The van der Waals surface area contributed by atoms with Crippen LogP contribution >= 0.6 is 0 Å². The smallest absolute Gasteiger partial charge is 0.235 e. The lowest BCUT2D eigenvalue weighted by molar-refractivity contribution is 0.486. The third-order valence-electron chi connectivity index (χ3n) is 10.3. The van der Waals surface area contributed by atoms with Gasteiger partial charge in [-0.1, -0.05) is 84.9 Å². The van der Waals surface area contributed by atoms with E-state index in [4.69, 9.17) is 19.1 Å². The summed E-state index contributed by atoms with van der Waals surface area (Å²) in [4.78, 5) is 10.7. The Morgan fingerprint density at radius 3 is 2.08 bits per heavy atom. The molecule has 6 nitrogen and oxygen atoms in total. The summed E-state index contributed by atoms with van der Waals surface area (Å²) in [5.41, 5.74) is 9.86. The molecule has 11 aromatic rings. The molecule has 1 aliphatic rings. The van der Waals surface area contributed by atoms with Crippen LogP contribution in [-0.2, 0) is 0 Å². The van der Waals surface area contributed by atoms with Crippen LogP contribution in [0.5, 0.6) is 11.5 Å². The number of rotatable bonds is 2. The lowest BCUT2D eigenvalue weighted by Gasteiger charge is -2.21. The van der Waals surface area contributed by atoms with E-state index in [1.165, 1.54) is 0 Å².